The number of hydrogen-bond donors (Lipinski definition) is 0. The fourth-order valence-electron chi connectivity index (χ4n) is 15.5. The lowest BCUT2D eigenvalue weighted by Crippen LogP contribution is -2.31. The van der Waals surface area contributed by atoms with Gasteiger partial charge in [0.05, 0.1) is 84.3 Å². The highest BCUT2D eigenvalue weighted by Gasteiger charge is 2.39. The quantitative estimate of drug-likeness (QED) is 0.152. The standard InChI is InChI=1S/C83H53N7/c1-83(2,90-72-41-19-11-31-58(72)59-32-12-20-42-73(59)90)78-81(88-68-37-15-9-33-60(68)62-43-45-74-76(79(62)88)64-35-13-17-39-70(64)86(74)56-27-5-3-6-28-56)66(54-25-21-23-52(47-54)50-84)49-67(55-26-22-24-53(48-55)51-85)82(78)89-69-38-16-10-34-61(69)63-44-46-75-77(80(63)89)65-36-14-18-40-71(65)87(75)57-29-7-4-8-30-57/h3-49H,1-2H3. The van der Waals surface area contributed by atoms with Crippen molar-refractivity contribution in [2.24, 2.45) is 0 Å². The van der Waals surface area contributed by atoms with Gasteiger partial charge in [-0.15, -0.1) is 0 Å². The van der Waals surface area contributed by atoms with Crippen LogP contribution in [0.25, 0.3) is 154 Å². The van der Waals surface area contributed by atoms with Crippen molar-refractivity contribution in [2.75, 3.05) is 0 Å². The monoisotopic (exact) mass is 1150 g/mol. The van der Waals surface area contributed by atoms with Crippen molar-refractivity contribution in [3.8, 4) is 57.1 Å². The molecule has 0 spiro atoms. The van der Waals surface area contributed by atoms with Crippen molar-refractivity contribution in [1.82, 2.24) is 22.8 Å². The molecule has 18 aromatic rings. The maximum Gasteiger partial charge on any atom is 0.0991 e. The third-order valence-corrected chi connectivity index (χ3v) is 19.0. The second-order valence-electron chi connectivity index (χ2n) is 24.2. The Morgan fingerprint density at radius 1 is 0.289 bits per heavy atom. The van der Waals surface area contributed by atoms with E-state index in [1.54, 1.807) is 0 Å². The van der Waals surface area contributed by atoms with E-state index in [-0.39, 0.29) is 0 Å². The molecule has 5 heterocycles. The molecule has 420 valence electrons. The molecule has 0 N–H and O–H groups in total. The van der Waals surface area contributed by atoms with Gasteiger partial charge >= 0.3 is 0 Å². The summed E-state index contributed by atoms with van der Waals surface area (Å²) >= 11 is 0. The molecule has 0 fully saturated rings. The zero-order chi connectivity index (χ0) is 59.9. The second kappa shape index (κ2) is 19.4. The van der Waals surface area contributed by atoms with Crippen LogP contribution in [0, 0.1) is 22.7 Å². The van der Waals surface area contributed by atoms with Crippen LogP contribution in [-0.2, 0) is 5.54 Å². The lowest BCUT2D eigenvalue weighted by atomic mass is 9.82. The summed E-state index contributed by atoms with van der Waals surface area (Å²) < 4.78 is 12.6. The highest BCUT2D eigenvalue weighted by atomic mass is 15.1. The van der Waals surface area contributed by atoms with Crippen LogP contribution in [0.3, 0.4) is 0 Å². The molecule has 0 atom stereocenters. The summed E-state index contributed by atoms with van der Waals surface area (Å²) in [5.41, 5.74) is 19.6. The third kappa shape index (κ3) is 7.14. The molecule has 18 rings (SSSR count). The van der Waals surface area contributed by atoms with E-state index in [1.807, 2.05) is 24.3 Å². The van der Waals surface area contributed by atoms with Gasteiger partial charge in [0.15, 0.2) is 0 Å². The Morgan fingerprint density at radius 3 is 1.03 bits per heavy atom. The van der Waals surface area contributed by atoms with E-state index < -0.39 is 5.54 Å². The maximum atomic E-state index is 11.0. The SMILES string of the molecule is CC(C)(c1c(-n2c3ccccc3c3ccc4c(c5ccccc5n4-c4ccccc4)c32)c(-c2cccc(C#N)c2)cc(-c2cccc(C#N)c2)c1-n1c2ccccc2c2ccc3c(c4ccccc4n3-c3ccccc3)c21)n1c2ccccc2c2ccccc21. The van der Waals surface area contributed by atoms with Gasteiger partial charge < -0.3 is 22.8 Å². The average Bonchev–Trinajstić information content (AvgIpc) is 1.46. The summed E-state index contributed by atoms with van der Waals surface area (Å²) in [6.07, 6.45) is 0. The van der Waals surface area contributed by atoms with Crippen molar-refractivity contribution < 1.29 is 0 Å². The zero-order valence-corrected chi connectivity index (χ0v) is 49.3. The van der Waals surface area contributed by atoms with Crippen LogP contribution < -0.4 is 0 Å². The minimum atomic E-state index is -0.967. The van der Waals surface area contributed by atoms with Crippen LogP contribution in [-0.4, -0.2) is 22.8 Å². The van der Waals surface area contributed by atoms with Crippen LogP contribution >= 0.6 is 0 Å². The number of benzene rings is 13. The first-order valence-electron chi connectivity index (χ1n) is 30.6. The lowest BCUT2D eigenvalue weighted by Gasteiger charge is -2.37. The Kier molecular flexibility index (Phi) is 11.0. The van der Waals surface area contributed by atoms with E-state index in [2.05, 4.69) is 310 Å². The van der Waals surface area contributed by atoms with Gasteiger partial charge in [-0.1, -0.05) is 182 Å². The minimum absolute atomic E-state index is 0.550. The smallest absolute Gasteiger partial charge is 0.0991 e. The number of rotatable bonds is 8. The molecule has 5 aromatic heterocycles. The molecule has 0 bridgehead atoms. The number of hydrogen-bond acceptors (Lipinski definition) is 2. The number of fused-ring (bicyclic) bond motifs is 17. The fourth-order valence-corrected chi connectivity index (χ4v) is 15.5. The molecule has 7 nitrogen and oxygen atoms in total. The van der Waals surface area contributed by atoms with E-state index in [0.717, 1.165) is 160 Å². The Morgan fingerprint density at radius 2 is 0.633 bits per heavy atom. The van der Waals surface area contributed by atoms with Gasteiger partial charge in [-0.3, -0.25) is 0 Å². The normalized spacial score (nSPS) is 12.1. The van der Waals surface area contributed by atoms with Gasteiger partial charge in [0, 0.05) is 93.0 Å². The predicted octanol–water partition coefficient (Wildman–Crippen LogP) is 21.0. The van der Waals surface area contributed by atoms with Crippen molar-refractivity contribution in [3.05, 3.63) is 302 Å². The Hall–Kier alpha value is -12.2. The largest absolute Gasteiger partial charge is 0.330 e. The van der Waals surface area contributed by atoms with Gasteiger partial charge in [0.25, 0.3) is 0 Å². The van der Waals surface area contributed by atoms with E-state index >= 15 is 0 Å². The first-order chi connectivity index (χ1) is 44.4. The van der Waals surface area contributed by atoms with Crippen molar-refractivity contribution in [1.29, 1.82) is 10.5 Å². The first-order valence-corrected chi connectivity index (χ1v) is 30.6. The van der Waals surface area contributed by atoms with Gasteiger partial charge in [-0.25, -0.2) is 0 Å². The average molecular weight is 1150 g/mol. The molecule has 7 heteroatoms. The molecule has 0 unspecified atom stereocenters. The van der Waals surface area contributed by atoms with Crippen LogP contribution in [0.15, 0.2) is 285 Å². The molecule has 0 saturated carbocycles. The molecule has 0 saturated heterocycles. The van der Waals surface area contributed by atoms with Gasteiger partial charge in [0.1, 0.15) is 0 Å². The van der Waals surface area contributed by atoms with Crippen molar-refractivity contribution in [3.63, 3.8) is 0 Å². The van der Waals surface area contributed by atoms with Gasteiger partial charge in [-0.05, 0) is 128 Å². The summed E-state index contributed by atoms with van der Waals surface area (Å²) in [5, 5.41) is 33.2. The Balaban J connectivity index is 1.16. The summed E-state index contributed by atoms with van der Waals surface area (Å²) in [6, 6.07) is 108. The summed E-state index contributed by atoms with van der Waals surface area (Å²) in [5.74, 6) is 0. The number of nitrogens with zero attached hydrogens (tertiary/aromatic N) is 7. The Labute approximate surface area is 517 Å². The Bertz CT molecular complexity index is 5780. The summed E-state index contributed by atoms with van der Waals surface area (Å²) in [7, 11) is 0. The number of nitriles is 2. The highest BCUT2D eigenvalue weighted by molar-refractivity contribution is 6.28. The molecule has 90 heavy (non-hydrogen) atoms. The van der Waals surface area contributed by atoms with Crippen molar-refractivity contribution >= 4 is 109 Å². The molecule has 0 aliphatic rings. The molecule has 0 amide bonds. The number of para-hydroxylation sites is 8. The highest BCUT2D eigenvalue weighted by Crippen LogP contribution is 2.54. The first kappa shape index (κ1) is 51.1. The van der Waals surface area contributed by atoms with Crippen LogP contribution in [0.1, 0.15) is 30.5 Å². The fraction of sp³-hybridized carbons (Fsp3) is 0.0361. The van der Waals surface area contributed by atoms with Crippen molar-refractivity contribution in [2.45, 2.75) is 19.4 Å². The predicted molar refractivity (Wildman–Crippen MR) is 372 cm³/mol. The summed E-state index contributed by atoms with van der Waals surface area (Å²) in [6.45, 7) is 4.82. The zero-order valence-electron chi connectivity index (χ0n) is 49.3. The minimum Gasteiger partial charge on any atom is -0.330 e. The molecular weight excluding hydrogens is 1090 g/mol. The summed E-state index contributed by atoms with van der Waals surface area (Å²) in [4.78, 5) is 0. The van der Waals surface area contributed by atoms with E-state index in [1.165, 1.54) is 0 Å². The van der Waals surface area contributed by atoms with Gasteiger partial charge in [-0.2, -0.15) is 10.5 Å². The second-order valence-corrected chi connectivity index (χ2v) is 24.2. The van der Waals surface area contributed by atoms with Crippen LogP contribution in [0.5, 0.6) is 0 Å². The third-order valence-electron chi connectivity index (χ3n) is 19.0. The van der Waals surface area contributed by atoms with E-state index in [4.69, 9.17) is 0 Å². The lowest BCUT2D eigenvalue weighted by molar-refractivity contribution is 0.462. The number of aromatic nitrogens is 5. The van der Waals surface area contributed by atoms with E-state index in [9.17, 15) is 10.5 Å². The molecule has 13 aromatic carbocycles. The van der Waals surface area contributed by atoms with Crippen LogP contribution in [0.2, 0.25) is 0 Å². The topological polar surface area (TPSA) is 72.2 Å². The molecular formula is C83H53N7. The van der Waals surface area contributed by atoms with Crippen LogP contribution in [0.4, 0.5) is 0 Å². The molecule has 0 radical (unpaired) electrons. The van der Waals surface area contributed by atoms with Gasteiger partial charge in [0.2, 0.25) is 0 Å². The molecule has 0 aliphatic heterocycles. The maximum absolute atomic E-state index is 11.0. The molecule has 0 aliphatic carbocycles. The van der Waals surface area contributed by atoms with E-state index in [0.29, 0.717) is 11.1 Å².